The van der Waals surface area contributed by atoms with Gasteiger partial charge in [-0.2, -0.15) is 18.2 Å². The standard InChI is InChI=1S/C26H23ClF3N5O4/c27-21-8-7-17(14-20(21)26(28,29)30)32-22(36)9-6-16-3-1-5-19(13-16)39-23-10-11-31-24(34-23)35-12-2-4-18(15-35)33-25(37)38/h1,3,5-11,13-14,18,33H,2,4,12,15H2,(H,32,36)(H,37,38). The second-order valence-electron chi connectivity index (χ2n) is 8.62. The highest BCUT2D eigenvalue weighted by molar-refractivity contribution is 6.31. The Balaban J connectivity index is 1.39. The van der Waals surface area contributed by atoms with E-state index < -0.39 is 28.8 Å². The van der Waals surface area contributed by atoms with Crippen LogP contribution in [0.25, 0.3) is 6.08 Å². The number of rotatable bonds is 7. The Morgan fingerprint density at radius 2 is 2.00 bits per heavy atom. The zero-order valence-corrected chi connectivity index (χ0v) is 21.0. The Labute approximate surface area is 226 Å². The van der Waals surface area contributed by atoms with Gasteiger partial charge in [0.15, 0.2) is 0 Å². The van der Waals surface area contributed by atoms with Gasteiger partial charge in [0, 0.05) is 43.2 Å². The SMILES string of the molecule is O=C(O)NC1CCCN(c2nccc(Oc3cccc(C=CC(=O)Nc4ccc(Cl)c(C(F)(F)F)c4)c3)n2)C1. The molecule has 1 unspecified atom stereocenters. The summed E-state index contributed by atoms with van der Waals surface area (Å²) in [5, 5.41) is 13.4. The highest BCUT2D eigenvalue weighted by Crippen LogP contribution is 2.36. The van der Waals surface area contributed by atoms with Crippen LogP contribution in [0.4, 0.5) is 29.6 Å². The Morgan fingerprint density at radius 1 is 1.18 bits per heavy atom. The topological polar surface area (TPSA) is 117 Å². The van der Waals surface area contributed by atoms with E-state index in [4.69, 9.17) is 21.4 Å². The normalized spacial score (nSPS) is 15.7. The molecule has 0 bridgehead atoms. The van der Waals surface area contributed by atoms with E-state index in [9.17, 15) is 22.8 Å². The molecule has 1 atom stereocenters. The Hall–Kier alpha value is -4.32. The maximum atomic E-state index is 13.0. The van der Waals surface area contributed by atoms with Crippen molar-refractivity contribution >= 4 is 41.3 Å². The molecule has 1 saturated heterocycles. The molecule has 2 aromatic carbocycles. The zero-order valence-electron chi connectivity index (χ0n) is 20.3. The van der Waals surface area contributed by atoms with Crippen LogP contribution in [0, 0.1) is 0 Å². The fourth-order valence-electron chi connectivity index (χ4n) is 3.97. The van der Waals surface area contributed by atoms with Gasteiger partial charge in [0.1, 0.15) is 5.75 Å². The highest BCUT2D eigenvalue weighted by Gasteiger charge is 2.33. The van der Waals surface area contributed by atoms with E-state index >= 15 is 0 Å². The van der Waals surface area contributed by atoms with E-state index in [0.29, 0.717) is 30.4 Å². The molecule has 2 heterocycles. The van der Waals surface area contributed by atoms with Crippen molar-refractivity contribution in [2.24, 2.45) is 0 Å². The minimum absolute atomic E-state index is 0.0446. The van der Waals surface area contributed by atoms with Crippen LogP contribution in [0.1, 0.15) is 24.0 Å². The number of carboxylic acid groups (broad SMARTS) is 1. The number of amides is 2. The van der Waals surface area contributed by atoms with Crippen LogP contribution in [-0.2, 0) is 11.0 Å². The number of halogens is 4. The number of ether oxygens (including phenoxy) is 1. The van der Waals surface area contributed by atoms with Gasteiger partial charge >= 0.3 is 12.3 Å². The second-order valence-corrected chi connectivity index (χ2v) is 9.03. The predicted molar refractivity (Wildman–Crippen MR) is 139 cm³/mol. The van der Waals surface area contributed by atoms with Crippen LogP contribution in [-0.4, -0.2) is 46.2 Å². The fraction of sp³-hybridized carbons (Fsp3) is 0.231. The molecule has 204 valence electrons. The molecule has 0 radical (unpaired) electrons. The average molecular weight is 562 g/mol. The summed E-state index contributed by atoms with van der Waals surface area (Å²) in [5.41, 5.74) is -0.486. The maximum Gasteiger partial charge on any atom is 0.417 e. The van der Waals surface area contributed by atoms with Crippen LogP contribution < -0.4 is 20.3 Å². The maximum absolute atomic E-state index is 13.0. The van der Waals surface area contributed by atoms with Crippen molar-refractivity contribution in [2.75, 3.05) is 23.3 Å². The average Bonchev–Trinajstić information content (AvgIpc) is 2.88. The number of nitrogens with zero attached hydrogens (tertiary/aromatic N) is 3. The third-order valence-corrected chi connectivity index (χ3v) is 6.03. The van der Waals surface area contributed by atoms with Gasteiger partial charge in [0.25, 0.3) is 0 Å². The summed E-state index contributed by atoms with van der Waals surface area (Å²) in [6, 6.07) is 11.2. The number of alkyl halides is 3. The Kier molecular flexibility index (Phi) is 8.55. The molecule has 2 amide bonds. The molecule has 13 heteroatoms. The summed E-state index contributed by atoms with van der Waals surface area (Å²) in [4.78, 5) is 33.8. The van der Waals surface area contributed by atoms with E-state index in [0.717, 1.165) is 25.0 Å². The van der Waals surface area contributed by atoms with E-state index in [2.05, 4.69) is 20.6 Å². The molecule has 1 fully saturated rings. The number of carbonyl (C=O) groups is 2. The Bertz CT molecular complexity index is 1390. The first-order chi connectivity index (χ1) is 18.6. The van der Waals surface area contributed by atoms with Gasteiger partial charge in [0.2, 0.25) is 17.7 Å². The van der Waals surface area contributed by atoms with Gasteiger partial charge in [-0.25, -0.2) is 9.78 Å². The second kappa shape index (κ2) is 12.0. The van der Waals surface area contributed by atoms with E-state index in [1.807, 2.05) is 4.90 Å². The summed E-state index contributed by atoms with van der Waals surface area (Å²) < 4.78 is 45.0. The molecule has 1 aromatic heterocycles. The summed E-state index contributed by atoms with van der Waals surface area (Å²) in [6.07, 6.45) is -0.00662. The van der Waals surface area contributed by atoms with E-state index in [-0.39, 0.29) is 17.6 Å². The number of hydrogen-bond donors (Lipinski definition) is 3. The van der Waals surface area contributed by atoms with Gasteiger partial charge in [-0.3, -0.25) is 4.79 Å². The summed E-state index contributed by atoms with van der Waals surface area (Å²) in [5.74, 6) is 0.483. The van der Waals surface area contributed by atoms with Gasteiger partial charge in [-0.15, -0.1) is 0 Å². The van der Waals surface area contributed by atoms with Crippen LogP contribution in [0.15, 0.2) is 60.8 Å². The lowest BCUT2D eigenvalue weighted by atomic mass is 10.1. The molecule has 1 aliphatic rings. The molecular formula is C26H23ClF3N5O4. The summed E-state index contributed by atoms with van der Waals surface area (Å²) in [6.45, 7) is 1.11. The van der Waals surface area contributed by atoms with Crippen LogP contribution in [0.3, 0.4) is 0 Å². The number of anilines is 2. The molecule has 39 heavy (non-hydrogen) atoms. The minimum atomic E-state index is -4.65. The number of aromatic nitrogens is 2. The first-order valence-electron chi connectivity index (χ1n) is 11.8. The van der Waals surface area contributed by atoms with Crippen LogP contribution in [0.5, 0.6) is 11.6 Å². The molecule has 0 spiro atoms. The first kappa shape index (κ1) is 27.7. The van der Waals surface area contributed by atoms with Crippen molar-refractivity contribution in [1.29, 1.82) is 0 Å². The molecule has 0 aliphatic carbocycles. The zero-order chi connectivity index (χ0) is 28.0. The lowest BCUT2D eigenvalue weighted by Gasteiger charge is -2.32. The summed E-state index contributed by atoms with van der Waals surface area (Å²) >= 11 is 5.61. The molecular weight excluding hydrogens is 539 g/mol. The smallest absolute Gasteiger partial charge is 0.417 e. The van der Waals surface area contributed by atoms with Gasteiger partial charge < -0.3 is 25.4 Å². The number of carbonyl (C=O) groups excluding carboxylic acids is 1. The van der Waals surface area contributed by atoms with Gasteiger partial charge in [-0.1, -0.05) is 23.7 Å². The van der Waals surface area contributed by atoms with Crippen molar-refractivity contribution in [2.45, 2.75) is 25.1 Å². The number of piperidine rings is 1. The molecule has 4 rings (SSSR count). The molecule has 1 aliphatic heterocycles. The van der Waals surface area contributed by atoms with Crippen molar-refractivity contribution in [3.8, 4) is 11.6 Å². The van der Waals surface area contributed by atoms with Crippen molar-refractivity contribution in [1.82, 2.24) is 15.3 Å². The first-order valence-corrected chi connectivity index (χ1v) is 12.2. The van der Waals surface area contributed by atoms with Crippen molar-refractivity contribution in [3.05, 3.63) is 77.0 Å². The van der Waals surface area contributed by atoms with E-state index in [1.54, 1.807) is 36.5 Å². The molecule has 9 nitrogen and oxygen atoms in total. The molecule has 3 N–H and O–H groups in total. The largest absolute Gasteiger partial charge is 0.465 e. The molecule has 0 saturated carbocycles. The summed E-state index contributed by atoms with van der Waals surface area (Å²) in [7, 11) is 0. The van der Waals surface area contributed by atoms with E-state index in [1.165, 1.54) is 18.2 Å². The number of benzene rings is 2. The monoisotopic (exact) mass is 561 g/mol. The molecule has 3 aromatic rings. The van der Waals surface area contributed by atoms with Crippen LogP contribution in [0.2, 0.25) is 5.02 Å². The third kappa shape index (κ3) is 7.84. The lowest BCUT2D eigenvalue weighted by Crippen LogP contribution is -2.47. The lowest BCUT2D eigenvalue weighted by molar-refractivity contribution is -0.137. The highest BCUT2D eigenvalue weighted by atomic mass is 35.5. The van der Waals surface area contributed by atoms with Gasteiger partial charge in [0.05, 0.1) is 10.6 Å². The van der Waals surface area contributed by atoms with Crippen molar-refractivity contribution < 1.29 is 32.6 Å². The third-order valence-electron chi connectivity index (χ3n) is 5.70. The fourth-order valence-corrected chi connectivity index (χ4v) is 4.20. The van der Waals surface area contributed by atoms with Crippen LogP contribution >= 0.6 is 11.6 Å². The Morgan fingerprint density at radius 3 is 2.77 bits per heavy atom. The number of hydrogen-bond acceptors (Lipinski definition) is 6. The van der Waals surface area contributed by atoms with Crippen molar-refractivity contribution in [3.63, 3.8) is 0 Å². The quantitative estimate of drug-likeness (QED) is 0.311. The predicted octanol–water partition coefficient (Wildman–Crippen LogP) is 5.83. The van der Waals surface area contributed by atoms with Gasteiger partial charge in [-0.05, 0) is 54.8 Å². The number of nitrogens with one attached hydrogen (secondary N) is 2. The minimum Gasteiger partial charge on any atom is -0.465 e.